The van der Waals surface area contributed by atoms with E-state index in [4.69, 9.17) is 0 Å². The minimum Gasteiger partial charge on any atom is -0.325 e. The van der Waals surface area contributed by atoms with E-state index >= 15 is 0 Å². The number of benzene rings is 2. The average molecular weight is 350 g/mol. The fourth-order valence-electron chi connectivity index (χ4n) is 3.43. The third-order valence-electron chi connectivity index (χ3n) is 5.02. The summed E-state index contributed by atoms with van der Waals surface area (Å²) in [5.41, 5.74) is 5.06. The van der Waals surface area contributed by atoms with Crippen LogP contribution in [0.2, 0.25) is 0 Å². The number of amides is 2. The van der Waals surface area contributed by atoms with Crippen molar-refractivity contribution in [2.45, 2.75) is 40.0 Å². The Morgan fingerprint density at radius 1 is 1.12 bits per heavy atom. The van der Waals surface area contributed by atoms with Crippen molar-refractivity contribution in [1.29, 1.82) is 0 Å². The second-order valence-electron chi connectivity index (χ2n) is 7.42. The summed E-state index contributed by atoms with van der Waals surface area (Å²) in [6, 6.07) is 13.9. The van der Waals surface area contributed by atoms with Crippen molar-refractivity contribution in [1.82, 2.24) is 0 Å². The zero-order valence-corrected chi connectivity index (χ0v) is 15.9. The van der Waals surface area contributed by atoms with Gasteiger partial charge in [0.05, 0.1) is 5.92 Å². The van der Waals surface area contributed by atoms with Gasteiger partial charge in [0.1, 0.15) is 0 Å². The van der Waals surface area contributed by atoms with Crippen molar-refractivity contribution in [2.24, 2.45) is 5.92 Å². The minimum atomic E-state index is -0.330. The van der Waals surface area contributed by atoms with Gasteiger partial charge in [-0.25, -0.2) is 0 Å². The molecule has 2 aromatic rings. The minimum absolute atomic E-state index is 0.00266. The molecule has 0 bridgehead atoms. The highest BCUT2D eigenvalue weighted by atomic mass is 16.2. The topological polar surface area (TPSA) is 49.4 Å². The number of carbonyl (C=O) groups is 2. The van der Waals surface area contributed by atoms with Gasteiger partial charge in [0.2, 0.25) is 11.8 Å². The highest BCUT2D eigenvalue weighted by Gasteiger charge is 2.35. The van der Waals surface area contributed by atoms with Crippen LogP contribution in [-0.2, 0) is 9.59 Å². The number of nitrogens with zero attached hydrogens (tertiary/aromatic N) is 1. The Bertz CT molecular complexity index is 825. The van der Waals surface area contributed by atoms with Crippen molar-refractivity contribution in [2.75, 3.05) is 16.8 Å². The van der Waals surface area contributed by atoms with Crippen LogP contribution in [0.25, 0.3) is 0 Å². The van der Waals surface area contributed by atoms with E-state index in [-0.39, 0.29) is 24.2 Å². The Hall–Kier alpha value is -2.62. The van der Waals surface area contributed by atoms with Crippen LogP contribution in [0.15, 0.2) is 42.5 Å². The molecule has 1 N–H and O–H groups in total. The standard InChI is InChI=1S/C22H26N2O2/c1-14(2)19-7-5-6-16(4)21(19)23-22(26)17-12-20(25)24(13-17)18-10-8-15(3)9-11-18/h5-11,14,17H,12-13H2,1-4H3,(H,23,26). The molecule has 1 unspecified atom stereocenters. The van der Waals surface area contributed by atoms with E-state index in [9.17, 15) is 9.59 Å². The van der Waals surface area contributed by atoms with E-state index in [1.807, 2.05) is 56.3 Å². The summed E-state index contributed by atoms with van der Waals surface area (Å²) in [6.07, 6.45) is 0.253. The highest BCUT2D eigenvalue weighted by Crippen LogP contribution is 2.30. The first kappa shape index (κ1) is 18.2. The molecule has 0 radical (unpaired) electrons. The monoisotopic (exact) mass is 350 g/mol. The molecule has 0 spiro atoms. The van der Waals surface area contributed by atoms with Gasteiger partial charge in [-0.05, 0) is 43.0 Å². The molecular formula is C22H26N2O2. The Kier molecular flexibility index (Phi) is 5.12. The molecule has 1 heterocycles. The Balaban J connectivity index is 1.76. The zero-order valence-electron chi connectivity index (χ0n) is 15.9. The molecule has 26 heavy (non-hydrogen) atoms. The quantitative estimate of drug-likeness (QED) is 0.887. The Morgan fingerprint density at radius 2 is 1.81 bits per heavy atom. The number of anilines is 2. The van der Waals surface area contributed by atoms with E-state index in [1.54, 1.807) is 4.90 Å². The van der Waals surface area contributed by atoms with Crippen LogP contribution in [0.1, 0.15) is 42.9 Å². The molecule has 2 amide bonds. The lowest BCUT2D eigenvalue weighted by molar-refractivity contribution is -0.122. The van der Waals surface area contributed by atoms with Crippen LogP contribution in [0.3, 0.4) is 0 Å². The van der Waals surface area contributed by atoms with Gasteiger partial charge in [0.25, 0.3) is 0 Å². The lowest BCUT2D eigenvalue weighted by atomic mass is 9.97. The summed E-state index contributed by atoms with van der Waals surface area (Å²) in [5.74, 6) is -0.0880. The molecule has 1 saturated heterocycles. The summed E-state index contributed by atoms with van der Waals surface area (Å²) < 4.78 is 0. The second-order valence-corrected chi connectivity index (χ2v) is 7.42. The number of carbonyl (C=O) groups excluding carboxylic acids is 2. The fraction of sp³-hybridized carbons (Fsp3) is 0.364. The van der Waals surface area contributed by atoms with Crippen molar-refractivity contribution in [3.05, 3.63) is 59.2 Å². The molecule has 136 valence electrons. The molecule has 4 heteroatoms. The van der Waals surface area contributed by atoms with Crippen molar-refractivity contribution in [3.8, 4) is 0 Å². The van der Waals surface area contributed by atoms with Crippen molar-refractivity contribution < 1.29 is 9.59 Å². The Morgan fingerprint density at radius 3 is 2.46 bits per heavy atom. The summed E-state index contributed by atoms with van der Waals surface area (Å²) in [5, 5.41) is 3.09. The molecule has 0 aromatic heterocycles. The third-order valence-corrected chi connectivity index (χ3v) is 5.02. The first-order chi connectivity index (χ1) is 12.4. The van der Waals surface area contributed by atoms with Crippen LogP contribution in [0.4, 0.5) is 11.4 Å². The van der Waals surface area contributed by atoms with Crippen molar-refractivity contribution in [3.63, 3.8) is 0 Å². The van der Waals surface area contributed by atoms with Gasteiger partial charge in [0.15, 0.2) is 0 Å². The van der Waals surface area contributed by atoms with E-state index in [2.05, 4.69) is 19.2 Å². The number of para-hydroxylation sites is 1. The van der Waals surface area contributed by atoms with E-state index in [0.717, 1.165) is 28.1 Å². The predicted molar refractivity (Wildman–Crippen MR) is 106 cm³/mol. The first-order valence-corrected chi connectivity index (χ1v) is 9.14. The van der Waals surface area contributed by atoms with Gasteiger partial charge >= 0.3 is 0 Å². The maximum Gasteiger partial charge on any atom is 0.229 e. The van der Waals surface area contributed by atoms with Gasteiger partial charge in [-0.15, -0.1) is 0 Å². The lowest BCUT2D eigenvalue weighted by Crippen LogP contribution is -2.28. The molecule has 3 rings (SSSR count). The predicted octanol–water partition coefficient (Wildman–Crippen LogP) is 4.42. The normalized spacial score (nSPS) is 17.0. The van der Waals surface area contributed by atoms with Crippen LogP contribution >= 0.6 is 0 Å². The smallest absolute Gasteiger partial charge is 0.229 e. The second kappa shape index (κ2) is 7.32. The molecule has 4 nitrogen and oxygen atoms in total. The Labute approximate surface area is 155 Å². The maximum absolute atomic E-state index is 12.8. The van der Waals surface area contributed by atoms with Gasteiger partial charge in [-0.2, -0.15) is 0 Å². The largest absolute Gasteiger partial charge is 0.325 e. The third kappa shape index (κ3) is 3.64. The molecule has 1 aliphatic heterocycles. The first-order valence-electron chi connectivity index (χ1n) is 9.14. The number of aryl methyl sites for hydroxylation is 2. The van der Waals surface area contributed by atoms with E-state index in [1.165, 1.54) is 0 Å². The van der Waals surface area contributed by atoms with Gasteiger partial charge in [-0.1, -0.05) is 49.7 Å². The molecule has 1 aliphatic rings. The van der Waals surface area contributed by atoms with Gasteiger partial charge in [-0.3, -0.25) is 9.59 Å². The van der Waals surface area contributed by atoms with Crippen LogP contribution in [-0.4, -0.2) is 18.4 Å². The number of hydrogen-bond acceptors (Lipinski definition) is 2. The zero-order chi connectivity index (χ0) is 18.8. The van der Waals surface area contributed by atoms with Crippen LogP contribution < -0.4 is 10.2 Å². The van der Waals surface area contributed by atoms with Crippen LogP contribution in [0.5, 0.6) is 0 Å². The van der Waals surface area contributed by atoms with Crippen LogP contribution in [0, 0.1) is 19.8 Å². The lowest BCUT2D eigenvalue weighted by Gasteiger charge is -2.19. The molecule has 0 saturated carbocycles. The SMILES string of the molecule is Cc1ccc(N2CC(C(=O)Nc3c(C)cccc3C(C)C)CC2=O)cc1. The van der Waals surface area contributed by atoms with Gasteiger partial charge in [0, 0.05) is 24.3 Å². The molecule has 1 atom stereocenters. The summed E-state index contributed by atoms with van der Waals surface area (Å²) in [4.78, 5) is 27.0. The molecular weight excluding hydrogens is 324 g/mol. The number of hydrogen-bond donors (Lipinski definition) is 1. The molecule has 0 aliphatic carbocycles. The number of rotatable bonds is 4. The number of nitrogens with one attached hydrogen (secondary N) is 1. The molecule has 2 aromatic carbocycles. The molecule has 1 fully saturated rings. The summed E-state index contributed by atoms with van der Waals surface area (Å²) in [6.45, 7) is 8.67. The van der Waals surface area contributed by atoms with E-state index in [0.29, 0.717) is 12.5 Å². The van der Waals surface area contributed by atoms with Crippen molar-refractivity contribution >= 4 is 23.2 Å². The van der Waals surface area contributed by atoms with E-state index < -0.39 is 0 Å². The summed E-state index contributed by atoms with van der Waals surface area (Å²) >= 11 is 0. The van der Waals surface area contributed by atoms with Gasteiger partial charge < -0.3 is 10.2 Å². The maximum atomic E-state index is 12.8. The fourth-order valence-corrected chi connectivity index (χ4v) is 3.43. The summed E-state index contributed by atoms with van der Waals surface area (Å²) in [7, 11) is 0. The average Bonchev–Trinajstić information content (AvgIpc) is 2.99. The highest BCUT2D eigenvalue weighted by molar-refractivity contribution is 6.04.